The first-order chi connectivity index (χ1) is 4.29. The van der Waals surface area contributed by atoms with Crippen molar-refractivity contribution in [2.24, 2.45) is 9.98 Å². The van der Waals surface area contributed by atoms with E-state index in [-0.39, 0.29) is 0 Å². The minimum absolute atomic E-state index is 0.792. The molecule has 0 aromatic carbocycles. The first kappa shape index (κ1) is 6.20. The van der Waals surface area contributed by atoms with E-state index < -0.39 is 0 Å². The maximum Gasteiger partial charge on any atom is 0.0615 e. The SMILES string of the molecule is CC1=CN=C(C)C=NC1. The van der Waals surface area contributed by atoms with Gasteiger partial charge in [-0.1, -0.05) is 0 Å². The summed E-state index contributed by atoms with van der Waals surface area (Å²) in [5.74, 6) is 0. The average molecular weight is 122 g/mol. The molecule has 0 N–H and O–H groups in total. The van der Waals surface area contributed by atoms with Gasteiger partial charge < -0.3 is 0 Å². The molecule has 0 radical (unpaired) electrons. The van der Waals surface area contributed by atoms with E-state index in [0.717, 1.165) is 12.3 Å². The highest BCUT2D eigenvalue weighted by molar-refractivity contribution is 6.29. The van der Waals surface area contributed by atoms with E-state index in [1.807, 2.05) is 20.0 Å². The van der Waals surface area contributed by atoms with E-state index in [1.54, 1.807) is 6.21 Å². The summed E-state index contributed by atoms with van der Waals surface area (Å²) in [6.07, 6.45) is 3.66. The van der Waals surface area contributed by atoms with Gasteiger partial charge in [0.1, 0.15) is 0 Å². The van der Waals surface area contributed by atoms with Crippen LogP contribution < -0.4 is 0 Å². The van der Waals surface area contributed by atoms with E-state index in [0.29, 0.717) is 0 Å². The number of rotatable bonds is 0. The molecular weight excluding hydrogens is 112 g/mol. The molecule has 0 amide bonds. The van der Waals surface area contributed by atoms with Gasteiger partial charge in [-0.15, -0.1) is 0 Å². The maximum atomic E-state index is 4.11. The number of hydrogen-bond donors (Lipinski definition) is 0. The van der Waals surface area contributed by atoms with Crippen LogP contribution in [0.25, 0.3) is 0 Å². The van der Waals surface area contributed by atoms with Crippen molar-refractivity contribution in [2.75, 3.05) is 6.54 Å². The van der Waals surface area contributed by atoms with E-state index in [2.05, 4.69) is 9.98 Å². The molecule has 0 bridgehead atoms. The third-order valence-corrected chi connectivity index (χ3v) is 1.11. The quantitative estimate of drug-likeness (QED) is 0.464. The van der Waals surface area contributed by atoms with Crippen LogP contribution in [0.3, 0.4) is 0 Å². The standard InChI is InChI=1S/C7H10N2/c1-6-3-8-5-7(2)9-4-6/h4-5H,3H2,1-2H3. The monoisotopic (exact) mass is 122 g/mol. The van der Waals surface area contributed by atoms with Crippen LogP contribution in [-0.4, -0.2) is 18.5 Å². The molecule has 1 aliphatic heterocycles. The Kier molecular flexibility index (Phi) is 1.78. The fourth-order valence-electron chi connectivity index (χ4n) is 0.608. The predicted molar refractivity (Wildman–Crippen MR) is 40.2 cm³/mol. The molecule has 9 heavy (non-hydrogen) atoms. The van der Waals surface area contributed by atoms with Gasteiger partial charge in [0.05, 0.1) is 12.3 Å². The highest BCUT2D eigenvalue weighted by Gasteiger charge is 1.90. The molecule has 0 saturated heterocycles. The highest BCUT2D eigenvalue weighted by Crippen LogP contribution is 1.96. The van der Waals surface area contributed by atoms with Crippen LogP contribution >= 0.6 is 0 Å². The molecule has 0 aromatic heterocycles. The maximum absolute atomic E-state index is 4.11. The number of hydrogen-bond acceptors (Lipinski definition) is 2. The summed E-state index contributed by atoms with van der Waals surface area (Å²) in [6.45, 7) is 4.76. The lowest BCUT2D eigenvalue weighted by atomic mass is 10.3. The Labute approximate surface area is 55.0 Å². The summed E-state index contributed by atoms with van der Waals surface area (Å²) in [6, 6.07) is 0. The predicted octanol–water partition coefficient (Wildman–Crippen LogP) is 1.44. The lowest BCUT2D eigenvalue weighted by Crippen LogP contribution is -1.89. The third kappa shape index (κ3) is 1.80. The van der Waals surface area contributed by atoms with Gasteiger partial charge in [0.25, 0.3) is 0 Å². The van der Waals surface area contributed by atoms with Gasteiger partial charge >= 0.3 is 0 Å². The molecular formula is C7H10N2. The summed E-state index contributed by atoms with van der Waals surface area (Å²) in [4.78, 5) is 8.22. The molecule has 48 valence electrons. The van der Waals surface area contributed by atoms with E-state index in [1.165, 1.54) is 5.57 Å². The molecule has 2 nitrogen and oxygen atoms in total. The Morgan fingerprint density at radius 2 is 2.22 bits per heavy atom. The van der Waals surface area contributed by atoms with Gasteiger partial charge in [0.2, 0.25) is 0 Å². The van der Waals surface area contributed by atoms with Crippen molar-refractivity contribution in [3.05, 3.63) is 11.8 Å². The largest absolute Gasteiger partial charge is 0.287 e. The Hall–Kier alpha value is -0.920. The van der Waals surface area contributed by atoms with Crippen molar-refractivity contribution in [1.29, 1.82) is 0 Å². The summed E-state index contributed by atoms with van der Waals surface area (Å²) < 4.78 is 0. The topological polar surface area (TPSA) is 24.7 Å². The van der Waals surface area contributed by atoms with E-state index in [9.17, 15) is 0 Å². The van der Waals surface area contributed by atoms with Crippen molar-refractivity contribution in [2.45, 2.75) is 13.8 Å². The molecule has 1 aliphatic rings. The Morgan fingerprint density at radius 1 is 1.44 bits per heavy atom. The van der Waals surface area contributed by atoms with Crippen LogP contribution in [0, 0.1) is 0 Å². The van der Waals surface area contributed by atoms with Crippen LogP contribution in [0.1, 0.15) is 13.8 Å². The lowest BCUT2D eigenvalue weighted by Gasteiger charge is -1.85. The molecule has 1 rings (SSSR count). The lowest BCUT2D eigenvalue weighted by molar-refractivity contribution is 1.14. The zero-order chi connectivity index (χ0) is 6.69. The molecule has 0 saturated carbocycles. The number of nitrogens with zero attached hydrogens (tertiary/aromatic N) is 2. The van der Waals surface area contributed by atoms with Crippen LogP contribution in [0.5, 0.6) is 0 Å². The van der Waals surface area contributed by atoms with Gasteiger partial charge in [-0.2, -0.15) is 0 Å². The third-order valence-electron chi connectivity index (χ3n) is 1.11. The van der Waals surface area contributed by atoms with E-state index in [4.69, 9.17) is 0 Å². The molecule has 0 aliphatic carbocycles. The second-order valence-electron chi connectivity index (χ2n) is 2.22. The Bertz CT molecular complexity index is 187. The molecule has 0 atom stereocenters. The fourth-order valence-corrected chi connectivity index (χ4v) is 0.608. The van der Waals surface area contributed by atoms with Crippen molar-refractivity contribution < 1.29 is 0 Å². The van der Waals surface area contributed by atoms with Crippen LogP contribution in [-0.2, 0) is 0 Å². The first-order valence-corrected chi connectivity index (χ1v) is 2.99. The zero-order valence-electron chi connectivity index (χ0n) is 5.76. The van der Waals surface area contributed by atoms with Gasteiger partial charge in [0, 0.05) is 12.4 Å². The van der Waals surface area contributed by atoms with Crippen LogP contribution in [0.15, 0.2) is 21.8 Å². The molecule has 0 unspecified atom stereocenters. The van der Waals surface area contributed by atoms with E-state index >= 15 is 0 Å². The van der Waals surface area contributed by atoms with Crippen LogP contribution in [0.2, 0.25) is 0 Å². The Morgan fingerprint density at radius 3 is 3.00 bits per heavy atom. The normalized spacial score (nSPS) is 18.4. The van der Waals surface area contributed by atoms with Crippen molar-refractivity contribution >= 4 is 11.9 Å². The fraction of sp³-hybridized carbons (Fsp3) is 0.429. The number of aliphatic imine (C=N–C) groups is 2. The summed E-state index contributed by atoms with van der Waals surface area (Å²) in [5.41, 5.74) is 2.19. The average Bonchev–Trinajstić information content (AvgIpc) is 1.97. The minimum Gasteiger partial charge on any atom is -0.287 e. The summed E-state index contributed by atoms with van der Waals surface area (Å²) in [5, 5.41) is 0. The zero-order valence-corrected chi connectivity index (χ0v) is 5.76. The molecule has 0 fully saturated rings. The molecule has 0 spiro atoms. The van der Waals surface area contributed by atoms with Gasteiger partial charge in [-0.3, -0.25) is 9.98 Å². The summed E-state index contributed by atoms with van der Waals surface area (Å²) >= 11 is 0. The second-order valence-corrected chi connectivity index (χ2v) is 2.22. The summed E-state index contributed by atoms with van der Waals surface area (Å²) in [7, 11) is 0. The molecule has 1 heterocycles. The molecule has 2 heteroatoms. The minimum atomic E-state index is 0.792. The Balaban J connectivity index is 2.80. The van der Waals surface area contributed by atoms with Crippen LogP contribution in [0.4, 0.5) is 0 Å². The first-order valence-electron chi connectivity index (χ1n) is 2.99. The van der Waals surface area contributed by atoms with Crippen molar-refractivity contribution in [3.8, 4) is 0 Å². The van der Waals surface area contributed by atoms with Crippen molar-refractivity contribution in [3.63, 3.8) is 0 Å². The molecule has 0 aromatic rings. The van der Waals surface area contributed by atoms with Crippen molar-refractivity contribution in [1.82, 2.24) is 0 Å². The second kappa shape index (κ2) is 2.58. The smallest absolute Gasteiger partial charge is 0.0615 e. The van der Waals surface area contributed by atoms with Gasteiger partial charge in [-0.05, 0) is 19.4 Å². The highest BCUT2D eigenvalue weighted by atomic mass is 14.8. The van der Waals surface area contributed by atoms with Gasteiger partial charge in [0.15, 0.2) is 0 Å². The van der Waals surface area contributed by atoms with Gasteiger partial charge in [-0.25, -0.2) is 0 Å².